The second-order valence-electron chi connectivity index (χ2n) is 5.80. The largest absolute Gasteiger partial charge is 0.497 e. The van der Waals surface area contributed by atoms with Gasteiger partial charge in [0.05, 0.1) is 32.3 Å². The molecule has 2 N–H and O–H groups in total. The fraction of sp³-hybridized carbons (Fsp3) is 0.316. The van der Waals surface area contributed by atoms with Crippen LogP contribution in [0.5, 0.6) is 17.2 Å². The minimum absolute atomic E-state index is 0.0171. The van der Waals surface area contributed by atoms with Crippen molar-refractivity contribution in [3.05, 3.63) is 57.6 Å². The Morgan fingerprint density at radius 3 is 2.25 bits per heavy atom. The highest BCUT2D eigenvalue weighted by atomic mass is 32.1. The highest BCUT2D eigenvalue weighted by Gasteiger charge is 2.19. The normalized spacial score (nSPS) is 10.1. The number of nitro groups is 1. The van der Waals surface area contributed by atoms with Crippen LogP contribution in [0.1, 0.15) is 11.1 Å². The Morgan fingerprint density at radius 2 is 1.68 bits per heavy atom. The molecule has 0 atom stereocenters. The van der Waals surface area contributed by atoms with E-state index in [9.17, 15) is 10.1 Å². The van der Waals surface area contributed by atoms with Gasteiger partial charge in [-0.3, -0.25) is 10.1 Å². The molecule has 0 bridgehead atoms. The number of hydrogen-bond donors (Lipinski definition) is 2. The first-order chi connectivity index (χ1) is 13.5. The van der Waals surface area contributed by atoms with Crippen LogP contribution in [0.15, 0.2) is 36.4 Å². The van der Waals surface area contributed by atoms with Gasteiger partial charge in [-0.25, -0.2) is 0 Å². The summed E-state index contributed by atoms with van der Waals surface area (Å²) in [5.41, 5.74) is 1.57. The zero-order chi connectivity index (χ0) is 20.5. The molecule has 8 nitrogen and oxygen atoms in total. The fourth-order valence-electron chi connectivity index (χ4n) is 2.58. The van der Waals surface area contributed by atoms with E-state index in [-0.39, 0.29) is 5.69 Å². The van der Waals surface area contributed by atoms with Gasteiger partial charge in [0.1, 0.15) is 5.75 Å². The van der Waals surface area contributed by atoms with Crippen LogP contribution in [0.25, 0.3) is 0 Å². The van der Waals surface area contributed by atoms with Crippen LogP contribution < -0.4 is 24.8 Å². The summed E-state index contributed by atoms with van der Waals surface area (Å²) in [4.78, 5) is 10.9. The van der Waals surface area contributed by atoms with Gasteiger partial charge in [-0.15, -0.1) is 0 Å². The van der Waals surface area contributed by atoms with Crippen molar-refractivity contribution in [1.29, 1.82) is 0 Å². The number of nitrogens with zero attached hydrogens (tertiary/aromatic N) is 1. The van der Waals surface area contributed by atoms with Crippen molar-refractivity contribution >= 4 is 23.0 Å². The predicted molar refractivity (Wildman–Crippen MR) is 110 cm³/mol. The molecule has 2 aromatic carbocycles. The third-order valence-electron chi connectivity index (χ3n) is 4.07. The van der Waals surface area contributed by atoms with Crippen LogP contribution in [0.4, 0.5) is 5.69 Å². The lowest BCUT2D eigenvalue weighted by Gasteiger charge is -2.13. The first-order valence-corrected chi connectivity index (χ1v) is 8.93. The lowest BCUT2D eigenvalue weighted by Crippen LogP contribution is -2.35. The maximum atomic E-state index is 11.3. The monoisotopic (exact) mass is 405 g/mol. The number of thiocarbonyl (C=S) groups is 1. The van der Waals surface area contributed by atoms with Gasteiger partial charge in [0.25, 0.3) is 5.69 Å². The summed E-state index contributed by atoms with van der Waals surface area (Å²) in [7, 11) is 4.55. The molecule has 0 spiro atoms. The zero-order valence-electron chi connectivity index (χ0n) is 16.0. The quantitative estimate of drug-likeness (QED) is 0.374. The zero-order valence-corrected chi connectivity index (χ0v) is 16.8. The van der Waals surface area contributed by atoms with Crippen molar-refractivity contribution < 1.29 is 19.1 Å². The molecule has 0 unspecified atom stereocenters. The molecule has 0 amide bonds. The van der Waals surface area contributed by atoms with E-state index in [2.05, 4.69) is 10.6 Å². The Labute approximate surface area is 168 Å². The van der Waals surface area contributed by atoms with Crippen molar-refractivity contribution in [1.82, 2.24) is 10.6 Å². The minimum atomic E-state index is -0.433. The van der Waals surface area contributed by atoms with Crippen LogP contribution in [0, 0.1) is 10.1 Å². The first kappa shape index (κ1) is 21.2. The van der Waals surface area contributed by atoms with Gasteiger partial charge in [0.15, 0.2) is 16.6 Å². The van der Waals surface area contributed by atoms with E-state index in [1.54, 1.807) is 13.2 Å². The Bertz CT molecular complexity index is 827. The minimum Gasteiger partial charge on any atom is -0.497 e. The maximum Gasteiger partial charge on any atom is 0.276 e. The highest BCUT2D eigenvalue weighted by molar-refractivity contribution is 7.80. The fourth-order valence-corrected chi connectivity index (χ4v) is 2.75. The topological polar surface area (TPSA) is 94.9 Å². The Hall–Kier alpha value is -3.07. The second kappa shape index (κ2) is 10.3. The van der Waals surface area contributed by atoms with E-state index in [1.807, 2.05) is 24.3 Å². The first-order valence-electron chi connectivity index (χ1n) is 8.52. The Balaban J connectivity index is 1.90. The smallest absolute Gasteiger partial charge is 0.276 e. The lowest BCUT2D eigenvalue weighted by atomic mass is 10.1. The number of ether oxygens (including phenoxy) is 3. The molecular weight excluding hydrogens is 382 g/mol. The SMILES string of the molecule is COc1ccc(CNC(=S)NCCc2cc(OC)c(OC)cc2[N+](=O)[O-])cc1. The second-order valence-corrected chi connectivity index (χ2v) is 6.21. The van der Waals surface area contributed by atoms with Crippen LogP contribution >= 0.6 is 12.2 Å². The average Bonchev–Trinajstić information content (AvgIpc) is 2.71. The molecule has 0 saturated heterocycles. The number of hydrogen-bond acceptors (Lipinski definition) is 6. The number of methoxy groups -OCH3 is 3. The van der Waals surface area contributed by atoms with E-state index in [0.29, 0.717) is 41.7 Å². The van der Waals surface area contributed by atoms with Crippen LogP contribution in [-0.4, -0.2) is 37.9 Å². The summed E-state index contributed by atoms with van der Waals surface area (Å²) in [6.45, 7) is 0.997. The third-order valence-corrected chi connectivity index (χ3v) is 4.36. The molecule has 0 aliphatic heterocycles. The van der Waals surface area contributed by atoms with Gasteiger partial charge in [-0.05, 0) is 42.4 Å². The number of rotatable bonds is 9. The van der Waals surface area contributed by atoms with Crippen molar-refractivity contribution in [2.24, 2.45) is 0 Å². The summed E-state index contributed by atoms with van der Waals surface area (Å²) < 4.78 is 15.5. The van der Waals surface area contributed by atoms with Crippen molar-refractivity contribution in [2.75, 3.05) is 27.9 Å². The van der Waals surface area contributed by atoms with Crippen molar-refractivity contribution in [2.45, 2.75) is 13.0 Å². The number of nitro benzene ring substituents is 1. The number of benzene rings is 2. The summed E-state index contributed by atoms with van der Waals surface area (Å²) in [5.74, 6) is 1.56. The van der Waals surface area contributed by atoms with Gasteiger partial charge in [0, 0.05) is 18.7 Å². The van der Waals surface area contributed by atoms with E-state index < -0.39 is 4.92 Å². The third kappa shape index (κ3) is 5.71. The van der Waals surface area contributed by atoms with Gasteiger partial charge < -0.3 is 24.8 Å². The lowest BCUT2D eigenvalue weighted by molar-refractivity contribution is -0.385. The molecule has 9 heteroatoms. The predicted octanol–water partition coefficient (Wildman–Crippen LogP) is 2.83. The molecule has 0 saturated carbocycles. The van der Waals surface area contributed by atoms with Crippen LogP contribution in [-0.2, 0) is 13.0 Å². The standard InChI is InChI=1S/C19H23N3O5S/c1-25-15-6-4-13(5-7-15)12-21-19(28)20-9-8-14-10-17(26-2)18(27-3)11-16(14)22(23)24/h4-7,10-11H,8-9,12H2,1-3H3,(H2,20,21,28). The Morgan fingerprint density at radius 1 is 1.04 bits per heavy atom. The molecule has 0 aliphatic carbocycles. The molecule has 2 rings (SSSR count). The van der Waals surface area contributed by atoms with Crippen LogP contribution in [0.2, 0.25) is 0 Å². The van der Waals surface area contributed by atoms with Gasteiger partial charge in [0.2, 0.25) is 0 Å². The van der Waals surface area contributed by atoms with Crippen molar-refractivity contribution in [3.8, 4) is 17.2 Å². The summed E-state index contributed by atoms with van der Waals surface area (Å²) in [6, 6.07) is 10.6. The maximum absolute atomic E-state index is 11.3. The average molecular weight is 405 g/mol. The van der Waals surface area contributed by atoms with Crippen LogP contribution in [0.3, 0.4) is 0 Å². The molecule has 0 radical (unpaired) electrons. The van der Waals surface area contributed by atoms with E-state index in [0.717, 1.165) is 11.3 Å². The molecule has 2 aromatic rings. The molecule has 0 aliphatic rings. The number of nitrogens with one attached hydrogen (secondary N) is 2. The molecule has 0 fully saturated rings. The summed E-state index contributed by atoms with van der Waals surface area (Å²) in [6.07, 6.45) is 0.404. The molecule has 150 valence electrons. The molecule has 28 heavy (non-hydrogen) atoms. The van der Waals surface area contributed by atoms with Gasteiger partial charge in [-0.1, -0.05) is 12.1 Å². The van der Waals surface area contributed by atoms with E-state index in [4.69, 9.17) is 26.4 Å². The molecule has 0 aromatic heterocycles. The summed E-state index contributed by atoms with van der Waals surface area (Å²) >= 11 is 5.26. The van der Waals surface area contributed by atoms with E-state index >= 15 is 0 Å². The van der Waals surface area contributed by atoms with Crippen molar-refractivity contribution in [3.63, 3.8) is 0 Å². The van der Waals surface area contributed by atoms with E-state index in [1.165, 1.54) is 20.3 Å². The molecule has 0 heterocycles. The summed E-state index contributed by atoms with van der Waals surface area (Å²) in [5, 5.41) is 18.0. The molecular formula is C19H23N3O5S. The Kier molecular flexibility index (Phi) is 7.82. The highest BCUT2D eigenvalue weighted by Crippen LogP contribution is 2.34. The van der Waals surface area contributed by atoms with Gasteiger partial charge >= 0.3 is 0 Å². The van der Waals surface area contributed by atoms with Gasteiger partial charge in [-0.2, -0.15) is 0 Å².